The number of ether oxygens (including phenoxy) is 1. The molecular formula is C13H22N4O. The fourth-order valence-corrected chi connectivity index (χ4v) is 1.91. The zero-order chi connectivity index (χ0) is 12.8. The fraction of sp³-hybridized carbons (Fsp3) is 0.692. The van der Waals surface area contributed by atoms with Crippen LogP contribution >= 0.6 is 0 Å². The van der Waals surface area contributed by atoms with Gasteiger partial charge in [-0.1, -0.05) is 13.8 Å². The van der Waals surface area contributed by atoms with Crippen LogP contribution in [0.15, 0.2) is 12.1 Å². The predicted molar refractivity (Wildman–Crippen MR) is 71.8 cm³/mol. The van der Waals surface area contributed by atoms with Gasteiger partial charge in [-0.25, -0.2) is 0 Å². The summed E-state index contributed by atoms with van der Waals surface area (Å²) in [5.41, 5.74) is 1.03. The molecule has 0 saturated carbocycles. The van der Waals surface area contributed by atoms with Crippen LogP contribution in [0.2, 0.25) is 0 Å². The van der Waals surface area contributed by atoms with E-state index >= 15 is 0 Å². The van der Waals surface area contributed by atoms with Gasteiger partial charge in [-0.15, -0.1) is 5.10 Å². The molecule has 100 valence electrons. The van der Waals surface area contributed by atoms with Crippen molar-refractivity contribution >= 4 is 5.82 Å². The lowest BCUT2D eigenvalue weighted by Crippen LogP contribution is -2.39. The Morgan fingerprint density at radius 3 is 2.94 bits per heavy atom. The topological polar surface area (TPSA) is 59.1 Å². The Balaban J connectivity index is 1.72. The lowest BCUT2D eigenvalue weighted by atomic mass is 10.1. The molecule has 1 fully saturated rings. The van der Waals surface area contributed by atoms with Gasteiger partial charge in [0.05, 0.1) is 18.4 Å². The van der Waals surface area contributed by atoms with Gasteiger partial charge in [0.2, 0.25) is 0 Å². The van der Waals surface area contributed by atoms with Crippen LogP contribution in [0.25, 0.3) is 0 Å². The molecule has 1 aliphatic heterocycles. The molecule has 0 bridgehead atoms. The second-order valence-corrected chi connectivity index (χ2v) is 4.91. The number of nitrogens with one attached hydrogen (secondary N) is 2. The number of hydrogen-bond donors (Lipinski definition) is 2. The van der Waals surface area contributed by atoms with E-state index in [0.29, 0.717) is 12.0 Å². The van der Waals surface area contributed by atoms with Crippen LogP contribution in [-0.2, 0) is 4.74 Å². The van der Waals surface area contributed by atoms with Gasteiger partial charge in [0, 0.05) is 19.6 Å². The number of rotatable bonds is 5. The van der Waals surface area contributed by atoms with E-state index in [-0.39, 0.29) is 0 Å². The number of morpholine rings is 1. The van der Waals surface area contributed by atoms with Crippen LogP contribution in [0.4, 0.5) is 5.82 Å². The molecule has 1 unspecified atom stereocenters. The third-order valence-corrected chi connectivity index (χ3v) is 3.05. The van der Waals surface area contributed by atoms with Crippen molar-refractivity contribution < 1.29 is 4.74 Å². The maximum Gasteiger partial charge on any atom is 0.148 e. The maximum absolute atomic E-state index is 5.63. The second-order valence-electron chi connectivity index (χ2n) is 4.91. The van der Waals surface area contributed by atoms with Crippen molar-refractivity contribution in [3.8, 4) is 0 Å². The van der Waals surface area contributed by atoms with E-state index in [1.165, 1.54) is 0 Å². The summed E-state index contributed by atoms with van der Waals surface area (Å²) in [5.74, 6) is 1.26. The highest BCUT2D eigenvalue weighted by Gasteiger charge is 2.12. The van der Waals surface area contributed by atoms with E-state index in [4.69, 9.17) is 4.74 Å². The highest BCUT2D eigenvalue weighted by molar-refractivity contribution is 5.33. The molecule has 18 heavy (non-hydrogen) atoms. The summed E-state index contributed by atoms with van der Waals surface area (Å²) in [5, 5.41) is 15.0. The first kappa shape index (κ1) is 13.2. The second kappa shape index (κ2) is 6.66. The van der Waals surface area contributed by atoms with E-state index in [0.717, 1.165) is 44.2 Å². The summed E-state index contributed by atoms with van der Waals surface area (Å²) in [4.78, 5) is 0. The van der Waals surface area contributed by atoms with E-state index in [2.05, 4.69) is 34.7 Å². The number of nitrogens with zero attached hydrogens (tertiary/aromatic N) is 2. The van der Waals surface area contributed by atoms with Crippen molar-refractivity contribution in [1.82, 2.24) is 15.5 Å². The maximum atomic E-state index is 5.63. The van der Waals surface area contributed by atoms with Crippen LogP contribution in [0.5, 0.6) is 0 Å². The van der Waals surface area contributed by atoms with Gasteiger partial charge in [-0.2, -0.15) is 5.10 Å². The minimum atomic E-state index is 0.314. The van der Waals surface area contributed by atoms with Crippen molar-refractivity contribution in [3.63, 3.8) is 0 Å². The molecule has 0 radical (unpaired) electrons. The third kappa shape index (κ3) is 3.92. The molecule has 2 N–H and O–H groups in total. The number of hydrogen-bond acceptors (Lipinski definition) is 5. The Morgan fingerprint density at radius 2 is 2.33 bits per heavy atom. The zero-order valence-corrected chi connectivity index (χ0v) is 11.1. The molecule has 1 saturated heterocycles. The van der Waals surface area contributed by atoms with E-state index < -0.39 is 0 Å². The first-order valence-corrected chi connectivity index (χ1v) is 6.65. The molecule has 1 aromatic rings. The smallest absolute Gasteiger partial charge is 0.148 e. The number of aromatic nitrogens is 2. The zero-order valence-electron chi connectivity index (χ0n) is 11.1. The Morgan fingerprint density at radius 1 is 1.44 bits per heavy atom. The molecule has 0 aliphatic carbocycles. The van der Waals surface area contributed by atoms with Crippen molar-refractivity contribution in [2.45, 2.75) is 32.3 Å². The highest BCUT2D eigenvalue weighted by Crippen LogP contribution is 2.11. The molecule has 2 rings (SSSR count). The normalized spacial score (nSPS) is 20.1. The Bertz CT molecular complexity index is 347. The summed E-state index contributed by atoms with van der Waals surface area (Å²) in [7, 11) is 0. The summed E-state index contributed by atoms with van der Waals surface area (Å²) in [6.45, 7) is 7.82. The molecular weight excluding hydrogens is 228 g/mol. The Kier molecular flexibility index (Phi) is 4.90. The van der Waals surface area contributed by atoms with Gasteiger partial charge in [0.1, 0.15) is 5.82 Å². The highest BCUT2D eigenvalue weighted by atomic mass is 16.5. The van der Waals surface area contributed by atoms with E-state index in [9.17, 15) is 0 Å². The predicted octanol–water partition coefficient (Wildman–Crippen LogP) is 1.39. The molecule has 5 nitrogen and oxygen atoms in total. The van der Waals surface area contributed by atoms with Crippen molar-refractivity contribution in [1.29, 1.82) is 0 Å². The van der Waals surface area contributed by atoms with Crippen LogP contribution < -0.4 is 10.6 Å². The van der Waals surface area contributed by atoms with E-state index in [1.807, 2.05) is 12.1 Å². The fourth-order valence-electron chi connectivity index (χ4n) is 1.91. The lowest BCUT2D eigenvalue weighted by molar-refractivity contribution is 0.0258. The van der Waals surface area contributed by atoms with E-state index in [1.54, 1.807) is 0 Å². The SMILES string of the molecule is CC(C)c1ccc(NCCC2CNCCO2)nn1. The molecule has 0 spiro atoms. The Hall–Kier alpha value is -1.20. The van der Waals surface area contributed by atoms with Crippen molar-refractivity contribution in [3.05, 3.63) is 17.8 Å². The molecule has 5 heteroatoms. The van der Waals surface area contributed by atoms with Gasteiger partial charge >= 0.3 is 0 Å². The van der Waals surface area contributed by atoms with Crippen molar-refractivity contribution in [2.75, 3.05) is 31.6 Å². The molecule has 0 amide bonds. The average Bonchev–Trinajstić information content (AvgIpc) is 2.40. The van der Waals surface area contributed by atoms with Crippen LogP contribution in [0.3, 0.4) is 0 Å². The lowest BCUT2D eigenvalue weighted by Gasteiger charge is -2.23. The van der Waals surface area contributed by atoms with Crippen molar-refractivity contribution in [2.24, 2.45) is 0 Å². The summed E-state index contributed by atoms with van der Waals surface area (Å²) >= 11 is 0. The minimum absolute atomic E-state index is 0.314. The van der Waals surface area contributed by atoms with Gasteiger partial charge in [-0.05, 0) is 24.5 Å². The first-order valence-electron chi connectivity index (χ1n) is 6.65. The molecule has 2 heterocycles. The number of anilines is 1. The largest absolute Gasteiger partial charge is 0.376 e. The Labute approximate surface area is 108 Å². The standard InChI is InChI=1S/C13H22N4O/c1-10(2)12-3-4-13(17-16-12)15-6-5-11-9-14-7-8-18-11/h3-4,10-11,14H,5-9H2,1-2H3,(H,15,17). The van der Waals surface area contributed by atoms with Gasteiger partial charge in [-0.3, -0.25) is 0 Å². The summed E-state index contributed by atoms with van der Waals surface area (Å²) in [6, 6.07) is 4.01. The average molecular weight is 250 g/mol. The quantitative estimate of drug-likeness (QED) is 0.827. The molecule has 1 atom stereocenters. The first-order chi connectivity index (χ1) is 8.75. The van der Waals surface area contributed by atoms with Crippen LogP contribution in [-0.4, -0.2) is 42.5 Å². The van der Waals surface area contributed by atoms with Gasteiger partial charge < -0.3 is 15.4 Å². The third-order valence-electron chi connectivity index (χ3n) is 3.05. The monoisotopic (exact) mass is 250 g/mol. The van der Waals surface area contributed by atoms with Crippen LogP contribution in [0.1, 0.15) is 31.9 Å². The van der Waals surface area contributed by atoms with Gasteiger partial charge in [0.15, 0.2) is 0 Å². The molecule has 1 aromatic heterocycles. The van der Waals surface area contributed by atoms with Gasteiger partial charge in [0.25, 0.3) is 0 Å². The minimum Gasteiger partial charge on any atom is -0.376 e. The molecule has 0 aromatic carbocycles. The summed E-state index contributed by atoms with van der Waals surface area (Å²) < 4.78 is 5.63. The summed E-state index contributed by atoms with van der Waals surface area (Å²) in [6.07, 6.45) is 1.30. The van der Waals surface area contributed by atoms with Crippen LogP contribution in [0, 0.1) is 0 Å². The molecule has 1 aliphatic rings.